The molecule has 28 heavy (non-hydrogen) atoms. The van der Waals surface area contributed by atoms with E-state index in [9.17, 15) is 9.18 Å². The van der Waals surface area contributed by atoms with Crippen LogP contribution in [0.3, 0.4) is 0 Å². The molecule has 0 aliphatic carbocycles. The van der Waals surface area contributed by atoms with E-state index in [4.69, 9.17) is 0 Å². The van der Waals surface area contributed by atoms with Crippen molar-refractivity contribution in [1.29, 1.82) is 0 Å². The van der Waals surface area contributed by atoms with Crippen LogP contribution in [0.4, 0.5) is 4.39 Å². The first-order valence-electron chi connectivity index (χ1n) is 8.87. The highest BCUT2D eigenvalue weighted by Gasteiger charge is 2.25. The lowest BCUT2D eigenvalue weighted by atomic mass is 10.0. The van der Waals surface area contributed by atoms with Crippen molar-refractivity contribution in [2.75, 3.05) is 13.1 Å². The van der Waals surface area contributed by atoms with E-state index in [0.29, 0.717) is 13.1 Å². The van der Waals surface area contributed by atoms with Gasteiger partial charge < -0.3 is 15.2 Å². The summed E-state index contributed by atoms with van der Waals surface area (Å²) in [4.78, 5) is 17.1. The van der Waals surface area contributed by atoms with Gasteiger partial charge in [-0.2, -0.15) is 0 Å². The number of imidazole rings is 1. The third kappa shape index (κ3) is 4.82. The number of nitrogens with zero attached hydrogens (tertiary/aromatic N) is 2. The zero-order valence-electron chi connectivity index (χ0n) is 15.2. The van der Waals surface area contributed by atoms with E-state index in [2.05, 4.69) is 15.6 Å². The second-order valence-corrected chi connectivity index (χ2v) is 6.69. The Morgan fingerprint density at radius 1 is 1.21 bits per heavy atom. The summed E-state index contributed by atoms with van der Waals surface area (Å²) in [6.07, 6.45) is 2.63. The molecular weight excluding hydrogens is 402 g/mol. The number of para-hydroxylation sites is 2. The van der Waals surface area contributed by atoms with E-state index in [-0.39, 0.29) is 48.5 Å². The van der Waals surface area contributed by atoms with Gasteiger partial charge in [0.15, 0.2) is 0 Å². The van der Waals surface area contributed by atoms with E-state index in [0.717, 1.165) is 29.6 Å². The molecule has 2 aromatic carbocycles. The van der Waals surface area contributed by atoms with Gasteiger partial charge in [0, 0.05) is 13.1 Å². The standard InChI is InChI=1S/C20H21FN4O.2ClH/c21-16-7-5-14(6-8-16)18(24-20(26)15-9-10-22-11-15)12-25-13-23-17-3-1-2-4-19(17)25;;/h1-8,13,15,18,22H,9-12H2,(H,24,26);2*1H. The van der Waals surface area contributed by atoms with Crippen LogP contribution in [-0.2, 0) is 11.3 Å². The summed E-state index contributed by atoms with van der Waals surface area (Å²) in [5.74, 6) is -0.266. The monoisotopic (exact) mass is 424 g/mol. The molecule has 1 aliphatic heterocycles. The molecule has 150 valence electrons. The smallest absolute Gasteiger partial charge is 0.224 e. The Balaban J connectivity index is 0.00000140. The zero-order chi connectivity index (χ0) is 17.9. The quantitative estimate of drug-likeness (QED) is 0.658. The van der Waals surface area contributed by atoms with Gasteiger partial charge in [-0.15, -0.1) is 24.8 Å². The Morgan fingerprint density at radius 3 is 2.68 bits per heavy atom. The maximum atomic E-state index is 13.3. The summed E-state index contributed by atoms with van der Waals surface area (Å²) in [6.45, 7) is 2.11. The molecule has 2 N–H and O–H groups in total. The zero-order valence-corrected chi connectivity index (χ0v) is 16.8. The molecule has 3 aromatic rings. The molecule has 5 nitrogen and oxygen atoms in total. The number of fused-ring (bicyclic) bond motifs is 1. The Labute approximate surface area is 175 Å². The van der Waals surface area contributed by atoms with Crippen molar-refractivity contribution in [2.24, 2.45) is 5.92 Å². The number of benzene rings is 2. The van der Waals surface area contributed by atoms with E-state index < -0.39 is 0 Å². The van der Waals surface area contributed by atoms with E-state index in [1.165, 1.54) is 12.1 Å². The van der Waals surface area contributed by atoms with Gasteiger partial charge in [0.2, 0.25) is 5.91 Å². The van der Waals surface area contributed by atoms with Crippen LogP contribution in [0.1, 0.15) is 18.0 Å². The van der Waals surface area contributed by atoms with Crippen molar-refractivity contribution < 1.29 is 9.18 Å². The molecule has 1 saturated heterocycles. The van der Waals surface area contributed by atoms with Crippen molar-refractivity contribution in [3.8, 4) is 0 Å². The fraction of sp³-hybridized carbons (Fsp3) is 0.300. The van der Waals surface area contributed by atoms with E-state index in [1.54, 1.807) is 18.5 Å². The van der Waals surface area contributed by atoms with Gasteiger partial charge in [0.05, 0.1) is 29.3 Å². The Hall–Kier alpha value is -2.15. The molecule has 2 atom stereocenters. The minimum atomic E-state index is -0.285. The Bertz CT molecular complexity index is 910. The third-order valence-electron chi connectivity index (χ3n) is 4.93. The molecule has 4 rings (SSSR count). The van der Waals surface area contributed by atoms with Gasteiger partial charge in [-0.1, -0.05) is 24.3 Å². The maximum absolute atomic E-state index is 13.3. The molecular formula is C20H23Cl2FN4O. The third-order valence-corrected chi connectivity index (χ3v) is 4.93. The number of rotatable bonds is 5. The van der Waals surface area contributed by atoms with Crippen LogP contribution in [0.25, 0.3) is 11.0 Å². The largest absolute Gasteiger partial charge is 0.347 e. The Kier molecular flexibility index (Phi) is 7.80. The fourth-order valence-corrected chi connectivity index (χ4v) is 3.45. The molecule has 2 heterocycles. The normalized spacial score (nSPS) is 16.8. The second-order valence-electron chi connectivity index (χ2n) is 6.69. The van der Waals surface area contributed by atoms with Gasteiger partial charge in [-0.3, -0.25) is 4.79 Å². The van der Waals surface area contributed by atoms with Gasteiger partial charge >= 0.3 is 0 Å². The molecule has 1 aromatic heterocycles. The summed E-state index contributed by atoms with van der Waals surface area (Å²) >= 11 is 0. The number of carbonyl (C=O) groups is 1. The van der Waals surface area contributed by atoms with Crippen molar-refractivity contribution >= 4 is 41.8 Å². The highest BCUT2D eigenvalue weighted by molar-refractivity contribution is 5.85. The summed E-state index contributed by atoms with van der Waals surface area (Å²) in [5.41, 5.74) is 2.80. The number of carbonyl (C=O) groups excluding carboxylic acids is 1. The maximum Gasteiger partial charge on any atom is 0.224 e. The molecule has 0 saturated carbocycles. The van der Waals surface area contributed by atoms with Crippen LogP contribution in [0, 0.1) is 11.7 Å². The fourth-order valence-electron chi connectivity index (χ4n) is 3.45. The van der Waals surface area contributed by atoms with Crippen LogP contribution in [0.15, 0.2) is 54.9 Å². The number of hydrogen-bond acceptors (Lipinski definition) is 3. The van der Waals surface area contributed by atoms with Crippen LogP contribution < -0.4 is 10.6 Å². The number of hydrogen-bond donors (Lipinski definition) is 2. The first kappa shape index (κ1) is 22.1. The van der Waals surface area contributed by atoms with E-state index >= 15 is 0 Å². The molecule has 1 fully saturated rings. The number of nitrogens with one attached hydrogen (secondary N) is 2. The molecule has 1 aliphatic rings. The molecule has 1 amide bonds. The first-order valence-corrected chi connectivity index (χ1v) is 8.87. The average Bonchev–Trinajstić information content (AvgIpc) is 3.32. The van der Waals surface area contributed by atoms with Crippen LogP contribution in [0.2, 0.25) is 0 Å². The number of aromatic nitrogens is 2. The summed E-state index contributed by atoms with van der Waals surface area (Å²) < 4.78 is 15.4. The molecule has 0 radical (unpaired) electrons. The van der Waals surface area contributed by atoms with Gasteiger partial charge in [0.1, 0.15) is 5.82 Å². The van der Waals surface area contributed by atoms with E-state index in [1.807, 2.05) is 28.8 Å². The van der Waals surface area contributed by atoms with Crippen molar-refractivity contribution in [2.45, 2.75) is 19.0 Å². The highest BCUT2D eigenvalue weighted by atomic mass is 35.5. The minimum Gasteiger partial charge on any atom is -0.347 e. The topological polar surface area (TPSA) is 59.0 Å². The van der Waals surface area contributed by atoms with Crippen molar-refractivity contribution in [3.05, 3.63) is 66.2 Å². The number of amides is 1. The lowest BCUT2D eigenvalue weighted by molar-refractivity contribution is -0.125. The lowest BCUT2D eigenvalue weighted by Crippen LogP contribution is -2.36. The van der Waals surface area contributed by atoms with Gasteiger partial charge in [-0.25, -0.2) is 9.37 Å². The predicted octanol–water partition coefficient (Wildman–Crippen LogP) is 3.49. The Morgan fingerprint density at radius 2 is 1.96 bits per heavy atom. The van der Waals surface area contributed by atoms with Crippen LogP contribution in [0.5, 0.6) is 0 Å². The molecule has 8 heteroatoms. The second kappa shape index (κ2) is 9.87. The predicted molar refractivity (Wildman–Crippen MR) is 112 cm³/mol. The molecule has 0 bridgehead atoms. The van der Waals surface area contributed by atoms with Gasteiger partial charge in [-0.05, 0) is 42.8 Å². The SMILES string of the molecule is Cl.Cl.O=C(NC(Cn1cnc2ccccc21)c1ccc(F)cc1)C1CCNC1. The number of halogens is 3. The van der Waals surface area contributed by atoms with Gasteiger partial charge in [0.25, 0.3) is 0 Å². The van der Waals surface area contributed by atoms with Crippen molar-refractivity contribution in [3.63, 3.8) is 0 Å². The molecule has 2 unspecified atom stereocenters. The molecule has 0 spiro atoms. The minimum absolute atomic E-state index is 0. The van der Waals surface area contributed by atoms with Crippen LogP contribution in [-0.4, -0.2) is 28.5 Å². The van der Waals surface area contributed by atoms with Crippen LogP contribution >= 0.6 is 24.8 Å². The summed E-state index contributed by atoms with van der Waals surface area (Å²) in [6, 6.07) is 13.9. The first-order chi connectivity index (χ1) is 12.7. The average molecular weight is 425 g/mol. The summed E-state index contributed by atoms with van der Waals surface area (Å²) in [5, 5.41) is 6.37. The highest BCUT2D eigenvalue weighted by Crippen LogP contribution is 2.21. The summed E-state index contributed by atoms with van der Waals surface area (Å²) in [7, 11) is 0. The lowest BCUT2D eigenvalue weighted by Gasteiger charge is -2.22. The van der Waals surface area contributed by atoms with Crippen molar-refractivity contribution in [1.82, 2.24) is 20.2 Å².